The molecule has 1 saturated heterocycles. The van der Waals surface area contributed by atoms with Crippen LogP contribution in [0, 0.1) is 0 Å². The molecular weight excluding hydrogens is 544 g/mol. The lowest BCUT2D eigenvalue weighted by Crippen LogP contribution is -2.58. The zero-order valence-electron chi connectivity index (χ0n) is 23.6. The molecule has 0 saturated carbocycles. The van der Waals surface area contributed by atoms with Gasteiger partial charge in [0.1, 0.15) is 18.1 Å². The Morgan fingerprint density at radius 3 is 2.55 bits per heavy atom. The molecule has 3 aromatic rings. The van der Waals surface area contributed by atoms with Crippen LogP contribution in [0.4, 0.5) is 0 Å². The zero-order valence-corrected chi connectivity index (χ0v) is 23.6. The van der Waals surface area contributed by atoms with Crippen LogP contribution in [0.1, 0.15) is 56.6 Å². The molecule has 5 atom stereocenters. The van der Waals surface area contributed by atoms with Crippen molar-refractivity contribution >= 4 is 34.5 Å². The van der Waals surface area contributed by atoms with Crippen LogP contribution in [0.5, 0.6) is 0 Å². The molecule has 2 bridgehead atoms. The van der Waals surface area contributed by atoms with Crippen LogP contribution in [0.25, 0.3) is 10.9 Å². The molecule has 4 amide bonds. The number of aliphatic hydroxyl groups excluding tert-OH is 1. The highest BCUT2D eigenvalue weighted by molar-refractivity contribution is 5.95. The van der Waals surface area contributed by atoms with E-state index in [2.05, 4.69) is 36.4 Å². The van der Waals surface area contributed by atoms with Crippen LogP contribution in [0.2, 0.25) is 0 Å². The Labute approximate surface area is 242 Å². The van der Waals surface area contributed by atoms with Crippen molar-refractivity contribution in [1.29, 1.82) is 0 Å². The van der Waals surface area contributed by atoms with Gasteiger partial charge in [-0.2, -0.15) is 0 Å². The number of H-pyrrole nitrogens is 1. The maximum Gasteiger partial charge on any atom is 0.245 e. The van der Waals surface area contributed by atoms with E-state index in [1.807, 2.05) is 42.2 Å². The molecule has 1 unspecified atom stereocenters. The Balaban J connectivity index is 1.46. The van der Waals surface area contributed by atoms with E-state index < -0.39 is 48.5 Å². The summed E-state index contributed by atoms with van der Waals surface area (Å²) >= 11 is 0. The van der Waals surface area contributed by atoms with Crippen molar-refractivity contribution in [3.63, 3.8) is 0 Å². The van der Waals surface area contributed by atoms with Crippen molar-refractivity contribution in [3.05, 3.63) is 47.8 Å². The second-order valence-electron chi connectivity index (χ2n) is 10.7. The molecule has 2 aromatic heterocycles. The minimum Gasteiger partial charge on any atom is -0.422 e. The number of rotatable bonds is 4. The summed E-state index contributed by atoms with van der Waals surface area (Å²) < 4.78 is 5.85. The summed E-state index contributed by atoms with van der Waals surface area (Å²) in [7, 11) is 0. The maximum absolute atomic E-state index is 13.7. The first kappa shape index (κ1) is 29.2. The Kier molecular flexibility index (Phi) is 8.83. The highest BCUT2D eigenvalue weighted by Gasteiger charge is 2.39. The summed E-state index contributed by atoms with van der Waals surface area (Å²) in [5, 5.41) is 29.5. The van der Waals surface area contributed by atoms with Crippen molar-refractivity contribution in [2.24, 2.45) is 0 Å². The number of amides is 4. The molecule has 0 radical (unpaired) electrons. The summed E-state index contributed by atoms with van der Waals surface area (Å²) in [6.45, 7) is 3.27. The van der Waals surface area contributed by atoms with Gasteiger partial charge >= 0.3 is 0 Å². The number of aromatic nitrogens is 3. The second kappa shape index (κ2) is 12.7. The van der Waals surface area contributed by atoms with E-state index in [9.17, 15) is 24.3 Å². The van der Waals surface area contributed by atoms with E-state index in [1.54, 1.807) is 0 Å². The second-order valence-corrected chi connectivity index (χ2v) is 10.7. The van der Waals surface area contributed by atoms with Gasteiger partial charge in [0.2, 0.25) is 35.4 Å². The minimum atomic E-state index is -1.27. The largest absolute Gasteiger partial charge is 0.422 e. The zero-order chi connectivity index (χ0) is 29.8. The lowest BCUT2D eigenvalue weighted by molar-refractivity contribution is -0.134. The van der Waals surface area contributed by atoms with E-state index in [1.165, 1.54) is 6.92 Å². The molecule has 5 rings (SSSR count). The van der Waals surface area contributed by atoms with E-state index >= 15 is 0 Å². The molecule has 4 heterocycles. The van der Waals surface area contributed by atoms with Crippen LogP contribution in [-0.4, -0.2) is 86.1 Å². The molecule has 14 heteroatoms. The number of hydrogen-bond acceptors (Lipinski definition) is 9. The van der Waals surface area contributed by atoms with Crippen LogP contribution < -0.4 is 21.3 Å². The van der Waals surface area contributed by atoms with Gasteiger partial charge in [0.15, 0.2) is 0 Å². The average molecular weight is 581 g/mol. The Bertz CT molecular complexity index is 1420. The summed E-state index contributed by atoms with van der Waals surface area (Å²) in [5.41, 5.74) is 1.63. The molecule has 2 aliphatic rings. The van der Waals surface area contributed by atoms with E-state index in [4.69, 9.17) is 4.42 Å². The molecule has 1 aromatic carbocycles. The Hall–Kier alpha value is -4.30. The molecular formula is C28H36N8O6. The van der Waals surface area contributed by atoms with Crippen LogP contribution in [0.3, 0.4) is 0 Å². The predicted molar refractivity (Wildman–Crippen MR) is 149 cm³/mol. The van der Waals surface area contributed by atoms with Gasteiger partial charge in [0, 0.05) is 17.6 Å². The predicted octanol–water partition coefficient (Wildman–Crippen LogP) is -0.194. The first-order chi connectivity index (χ1) is 20.3. The molecule has 0 aliphatic carbocycles. The van der Waals surface area contributed by atoms with Crippen molar-refractivity contribution in [3.8, 4) is 0 Å². The fraction of sp³-hybridized carbons (Fsp3) is 0.500. The highest BCUT2D eigenvalue weighted by Crippen LogP contribution is 2.31. The average Bonchev–Trinajstić information content (AvgIpc) is 3.74. The number of fused-ring (bicyclic) bond motifs is 4. The third-order valence-corrected chi connectivity index (χ3v) is 7.78. The van der Waals surface area contributed by atoms with E-state index in [-0.39, 0.29) is 30.8 Å². The molecule has 42 heavy (non-hydrogen) atoms. The topological polar surface area (TPSA) is 195 Å². The van der Waals surface area contributed by atoms with Gasteiger partial charge in [-0.25, -0.2) is 0 Å². The Morgan fingerprint density at radius 2 is 1.79 bits per heavy atom. The molecule has 1 fully saturated rings. The molecule has 14 nitrogen and oxygen atoms in total. The van der Waals surface area contributed by atoms with Gasteiger partial charge in [0.05, 0.1) is 25.2 Å². The van der Waals surface area contributed by atoms with Crippen molar-refractivity contribution in [2.45, 2.75) is 76.3 Å². The normalized spacial score (nSPS) is 26.5. The standard InChI is InChI=1S/C28H36N8O6/c1-3-21-28-35-34-23(42-28)13-29-25(39)20(14-37)33-24(38)15(2)30-26(40)19(32-27(41)22-9-6-10-36(21)22)12-17-11-16-7-4-5-8-18(16)31-17/h4-5,7-8,11,15,19-22,31,37H,3,6,9-10,12-14H2,1-2H3,(H,29,39)(H,30,40)(H,32,41)(H,33,38)/t15-,19-,20-,21?,22-/m0/s1. The van der Waals surface area contributed by atoms with Crippen LogP contribution in [-0.2, 0) is 32.1 Å². The van der Waals surface area contributed by atoms with E-state index in [0.29, 0.717) is 25.3 Å². The number of carbonyl (C=O) groups is 4. The number of aromatic amines is 1. The number of nitrogens with one attached hydrogen (secondary N) is 5. The van der Waals surface area contributed by atoms with Crippen molar-refractivity contribution in [1.82, 2.24) is 41.3 Å². The van der Waals surface area contributed by atoms with E-state index in [0.717, 1.165) is 23.0 Å². The first-order valence-electron chi connectivity index (χ1n) is 14.2. The summed E-state index contributed by atoms with van der Waals surface area (Å²) in [4.78, 5) is 58.1. The minimum absolute atomic E-state index is 0.111. The fourth-order valence-corrected chi connectivity index (χ4v) is 5.56. The highest BCUT2D eigenvalue weighted by atomic mass is 16.4. The Morgan fingerprint density at radius 1 is 1.00 bits per heavy atom. The number of nitrogens with zero attached hydrogens (tertiary/aromatic N) is 3. The first-order valence-corrected chi connectivity index (χ1v) is 14.2. The van der Waals surface area contributed by atoms with Gasteiger partial charge < -0.3 is 35.8 Å². The quantitative estimate of drug-likeness (QED) is 0.242. The lowest BCUT2D eigenvalue weighted by atomic mass is 10.1. The van der Waals surface area contributed by atoms with Crippen molar-refractivity contribution in [2.75, 3.05) is 13.2 Å². The smallest absolute Gasteiger partial charge is 0.245 e. The summed E-state index contributed by atoms with van der Waals surface area (Å²) in [6, 6.07) is 5.39. The van der Waals surface area contributed by atoms with Crippen LogP contribution in [0.15, 0.2) is 34.7 Å². The third-order valence-electron chi connectivity index (χ3n) is 7.78. The van der Waals surface area contributed by atoms with Gasteiger partial charge in [-0.15, -0.1) is 10.2 Å². The number of para-hydroxylation sites is 1. The molecule has 6 N–H and O–H groups in total. The number of benzene rings is 1. The van der Waals surface area contributed by atoms with Gasteiger partial charge in [0.25, 0.3) is 0 Å². The van der Waals surface area contributed by atoms with Gasteiger partial charge in [-0.05, 0) is 50.2 Å². The van der Waals surface area contributed by atoms with Crippen molar-refractivity contribution < 1.29 is 28.7 Å². The fourth-order valence-electron chi connectivity index (χ4n) is 5.56. The van der Waals surface area contributed by atoms with Gasteiger partial charge in [-0.3, -0.25) is 24.1 Å². The third kappa shape index (κ3) is 6.29. The van der Waals surface area contributed by atoms with Crippen LogP contribution >= 0.6 is 0 Å². The van der Waals surface area contributed by atoms with Gasteiger partial charge in [-0.1, -0.05) is 25.1 Å². The lowest BCUT2D eigenvalue weighted by Gasteiger charge is -2.31. The molecule has 0 spiro atoms. The number of aliphatic hydroxyl groups is 1. The monoisotopic (exact) mass is 580 g/mol. The SMILES string of the molecule is CCC1c2nnc(o2)CNC(=O)[C@H](CO)NC(=O)[C@H](C)NC(=O)[C@H](Cc2cc3ccccc3[nH]2)NC(=O)[C@@H]2CCCN12. The number of hydrogen-bond donors (Lipinski definition) is 6. The molecule has 2 aliphatic heterocycles. The summed E-state index contributed by atoms with van der Waals surface area (Å²) in [5.74, 6) is -1.74. The summed E-state index contributed by atoms with van der Waals surface area (Å²) in [6.07, 6.45) is 2.10. The number of carbonyl (C=O) groups excluding carboxylic acids is 4. The molecule has 224 valence electrons. The maximum atomic E-state index is 13.7.